The topological polar surface area (TPSA) is 3.24 Å². The second kappa shape index (κ2) is 2.22. The summed E-state index contributed by atoms with van der Waals surface area (Å²) < 4.78 is 0. The highest BCUT2D eigenvalue weighted by atomic mass is 15.1. The minimum Gasteiger partial charge on any atom is -0.305 e. The van der Waals surface area contributed by atoms with Crippen LogP contribution in [0.2, 0.25) is 0 Å². The predicted molar refractivity (Wildman–Crippen MR) is 47.5 cm³/mol. The molecule has 2 unspecified atom stereocenters. The number of likely N-dealkylation sites (tertiary alicyclic amines) is 1. The van der Waals surface area contributed by atoms with Crippen LogP contribution in [0.3, 0.4) is 0 Å². The SMILES string of the molecule is CC(C)C12CCC1CN(C)C2. The van der Waals surface area contributed by atoms with Crippen molar-refractivity contribution in [3.8, 4) is 0 Å². The molecule has 0 aromatic carbocycles. The molecule has 2 fully saturated rings. The largest absolute Gasteiger partial charge is 0.305 e. The summed E-state index contributed by atoms with van der Waals surface area (Å²) in [5.74, 6) is 1.93. The van der Waals surface area contributed by atoms with Crippen LogP contribution in [0.25, 0.3) is 0 Å². The third-order valence-electron chi connectivity index (χ3n) is 4.02. The van der Waals surface area contributed by atoms with Gasteiger partial charge in [-0.05, 0) is 37.1 Å². The van der Waals surface area contributed by atoms with Gasteiger partial charge in [0.1, 0.15) is 0 Å². The van der Waals surface area contributed by atoms with Crippen LogP contribution in [0.4, 0.5) is 0 Å². The van der Waals surface area contributed by atoms with Crippen molar-refractivity contribution in [2.75, 3.05) is 20.1 Å². The van der Waals surface area contributed by atoms with E-state index < -0.39 is 0 Å². The zero-order valence-corrected chi connectivity index (χ0v) is 7.93. The molecule has 1 saturated carbocycles. The summed E-state index contributed by atoms with van der Waals surface area (Å²) >= 11 is 0. The summed E-state index contributed by atoms with van der Waals surface area (Å²) in [6.45, 7) is 7.50. The van der Waals surface area contributed by atoms with E-state index in [-0.39, 0.29) is 0 Å². The molecule has 0 spiro atoms. The van der Waals surface area contributed by atoms with Crippen molar-refractivity contribution in [3.05, 3.63) is 0 Å². The van der Waals surface area contributed by atoms with Crippen molar-refractivity contribution in [3.63, 3.8) is 0 Å². The highest BCUT2D eigenvalue weighted by Gasteiger charge is 2.53. The third kappa shape index (κ3) is 0.868. The van der Waals surface area contributed by atoms with Gasteiger partial charge in [-0.15, -0.1) is 0 Å². The Morgan fingerprint density at radius 1 is 1.45 bits per heavy atom. The average molecular weight is 153 g/mol. The van der Waals surface area contributed by atoms with Gasteiger partial charge in [0.2, 0.25) is 0 Å². The Hall–Kier alpha value is -0.0400. The van der Waals surface area contributed by atoms with Gasteiger partial charge in [0.25, 0.3) is 0 Å². The molecule has 0 aromatic heterocycles. The Morgan fingerprint density at radius 2 is 2.18 bits per heavy atom. The van der Waals surface area contributed by atoms with E-state index >= 15 is 0 Å². The van der Waals surface area contributed by atoms with E-state index in [0.29, 0.717) is 0 Å². The Balaban J connectivity index is 2.14. The van der Waals surface area contributed by atoms with E-state index in [9.17, 15) is 0 Å². The highest BCUT2D eigenvalue weighted by molar-refractivity contribution is 5.04. The van der Waals surface area contributed by atoms with Gasteiger partial charge in [-0.25, -0.2) is 0 Å². The maximum absolute atomic E-state index is 2.51. The third-order valence-corrected chi connectivity index (χ3v) is 4.02. The smallest absolute Gasteiger partial charge is 0.00406 e. The molecule has 0 N–H and O–H groups in total. The Bertz CT molecular complexity index is 164. The van der Waals surface area contributed by atoms with Crippen molar-refractivity contribution in [1.82, 2.24) is 4.90 Å². The Kier molecular flexibility index (Phi) is 1.54. The van der Waals surface area contributed by atoms with Gasteiger partial charge in [-0.3, -0.25) is 0 Å². The van der Waals surface area contributed by atoms with E-state index in [1.165, 1.54) is 25.9 Å². The Morgan fingerprint density at radius 3 is 2.45 bits per heavy atom. The molecule has 2 atom stereocenters. The second-order valence-electron chi connectivity index (χ2n) is 4.82. The molecule has 1 heterocycles. The molecule has 1 aliphatic heterocycles. The quantitative estimate of drug-likeness (QED) is 0.557. The fraction of sp³-hybridized carbons (Fsp3) is 1.00. The molecular formula is C10H19N. The molecular weight excluding hydrogens is 134 g/mol. The zero-order valence-electron chi connectivity index (χ0n) is 7.93. The van der Waals surface area contributed by atoms with Crippen LogP contribution in [0, 0.1) is 17.3 Å². The minimum absolute atomic E-state index is 0.731. The normalized spacial score (nSPS) is 44.2. The van der Waals surface area contributed by atoms with Crippen molar-refractivity contribution in [2.24, 2.45) is 17.3 Å². The van der Waals surface area contributed by atoms with Gasteiger partial charge in [0.15, 0.2) is 0 Å². The molecule has 1 aliphatic carbocycles. The van der Waals surface area contributed by atoms with Gasteiger partial charge in [0, 0.05) is 13.1 Å². The van der Waals surface area contributed by atoms with E-state index in [1.54, 1.807) is 0 Å². The molecule has 1 saturated heterocycles. The molecule has 1 heteroatoms. The maximum Gasteiger partial charge on any atom is 0.00406 e. The standard InChI is InChI=1S/C10H19N/c1-8(2)10-5-4-9(10)6-11(3)7-10/h8-9H,4-7H2,1-3H3. The first-order chi connectivity index (χ1) is 5.15. The number of rotatable bonds is 1. The minimum atomic E-state index is 0.731. The fourth-order valence-corrected chi connectivity index (χ4v) is 3.09. The lowest BCUT2D eigenvalue weighted by atomic mass is 9.57. The second-order valence-corrected chi connectivity index (χ2v) is 4.82. The summed E-state index contributed by atoms with van der Waals surface area (Å²) in [4.78, 5) is 2.51. The Labute approximate surface area is 69.8 Å². The van der Waals surface area contributed by atoms with E-state index in [4.69, 9.17) is 0 Å². The lowest BCUT2D eigenvalue weighted by Crippen LogP contribution is -2.43. The van der Waals surface area contributed by atoms with Crippen molar-refractivity contribution < 1.29 is 0 Å². The number of hydrogen-bond donors (Lipinski definition) is 0. The lowest BCUT2D eigenvalue weighted by Gasteiger charge is -2.47. The van der Waals surface area contributed by atoms with Crippen LogP contribution >= 0.6 is 0 Å². The predicted octanol–water partition coefficient (Wildman–Crippen LogP) is 1.98. The van der Waals surface area contributed by atoms with E-state index in [0.717, 1.165) is 17.3 Å². The number of fused-ring (bicyclic) bond motifs is 1. The van der Waals surface area contributed by atoms with Gasteiger partial charge in [0.05, 0.1) is 0 Å². The van der Waals surface area contributed by atoms with Gasteiger partial charge < -0.3 is 4.90 Å². The molecule has 2 aliphatic rings. The van der Waals surface area contributed by atoms with Gasteiger partial charge >= 0.3 is 0 Å². The molecule has 64 valence electrons. The van der Waals surface area contributed by atoms with Crippen LogP contribution in [0.5, 0.6) is 0 Å². The molecule has 2 rings (SSSR count). The molecule has 11 heavy (non-hydrogen) atoms. The molecule has 0 radical (unpaired) electrons. The summed E-state index contributed by atoms with van der Waals surface area (Å²) in [6.07, 6.45) is 2.97. The first-order valence-electron chi connectivity index (χ1n) is 4.84. The van der Waals surface area contributed by atoms with Gasteiger partial charge in [-0.2, -0.15) is 0 Å². The van der Waals surface area contributed by atoms with Crippen LogP contribution < -0.4 is 0 Å². The van der Waals surface area contributed by atoms with Crippen LogP contribution in [0.15, 0.2) is 0 Å². The molecule has 0 aromatic rings. The van der Waals surface area contributed by atoms with Crippen LogP contribution in [-0.2, 0) is 0 Å². The summed E-state index contributed by atoms with van der Waals surface area (Å²) in [6, 6.07) is 0. The van der Waals surface area contributed by atoms with Crippen molar-refractivity contribution in [1.29, 1.82) is 0 Å². The zero-order chi connectivity index (χ0) is 8.06. The highest BCUT2D eigenvalue weighted by Crippen LogP contribution is 2.55. The monoisotopic (exact) mass is 153 g/mol. The van der Waals surface area contributed by atoms with Crippen molar-refractivity contribution in [2.45, 2.75) is 26.7 Å². The fourth-order valence-electron chi connectivity index (χ4n) is 3.09. The summed E-state index contributed by atoms with van der Waals surface area (Å²) in [5.41, 5.74) is 0.731. The first kappa shape index (κ1) is 7.60. The maximum atomic E-state index is 2.51. The van der Waals surface area contributed by atoms with E-state index in [1.807, 2.05) is 0 Å². The molecule has 0 amide bonds. The molecule has 0 bridgehead atoms. The first-order valence-corrected chi connectivity index (χ1v) is 4.84. The average Bonchev–Trinajstić information content (AvgIpc) is 2.11. The van der Waals surface area contributed by atoms with Crippen molar-refractivity contribution >= 4 is 0 Å². The lowest BCUT2D eigenvalue weighted by molar-refractivity contribution is 0.0291. The van der Waals surface area contributed by atoms with Gasteiger partial charge in [-0.1, -0.05) is 13.8 Å². The van der Waals surface area contributed by atoms with E-state index in [2.05, 4.69) is 25.8 Å². The summed E-state index contributed by atoms with van der Waals surface area (Å²) in [7, 11) is 2.27. The number of hydrogen-bond acceptors (Lipinski definition) is 1. The summed E-state index contributed by atoms with van der Waals surface area (Å²) in [5, 5.41) is 0. The van der Waals surface area contributed by atoms with Crippen LogP contribution in [-0.4, -0.2) is 25.0 Å². The molecule has 1 nitrogen and oxygen atoms in total. The number of nitrogens with zero attached hydrogens (tertiary/aromatic N) is 1. The van der Waals surface area contributed by atoms with Crippen LogP contribution in [0.1, 0.15) is 26.7 Å².